The predicted molar refractivity (Wildman–Crippen MR) is 53.1 cm³/mol. The zero-order valence-electron chi connectivity index (χ0n) is 6.73. The number of carbonyl (C=O) groups is 1. The summed E-state index contributed by atoms with van der Waals surface area (Å²) >= 11 is 4.54. The van der Waals surface area contributed by atoms with Crippen LogP contribution < -0.4 is 0 Å². The van der Waals surface area contributed by atoms with E-state index in [0.29, 0.717) is 5.75 Å². The summed E-state index contributed by atoms with van der Waals surface area (Å²) in [6.45, 7) is 1.57. The van der Waals surface area contributed by atoms with Crippen molar-refractivity contribution in [3.63, 3.8) is 0 Å². The molecular weight excluding hydrogens is 212 g/mol. The van der Waals surface area contributed by atoms with Crippen LogP contribution in [0.15, 0.2) is 8.68 Å². The van der Waals surface area contributed by atoms with Crippen LogP contribution in [-0.2, 0) is 4.79 Å². The van der Waals surface area contributed by atoms with Crippen LogP contribution in [0.1, 0.15) is 6.92 Å². The van der Waals surface area contributed by atoms with E-state index in [9.17, 15) is 4.79 Å². The van der Waals surface area contributed by atoms with Gasteiger partial charge in [-0.15, -0.1) is 10.2 Å². The highest BCUT2D eigenvalue weighted by molar-refractivity contribution is 8.03. The Hall–Kier alpha value is -0.0700. The zero-order valence-corrected chi connectivity index (χ0v) is 9.18. The lowest BCUT2D eigenvalue weighted by molar-refractivity contribution is -0.114. The van der Waals surface area contributed by atoms with Crippen molar-refractivity contribution < 1.29 is 4.79 Å². The first-order chi connectivity index (χ1) is 5.72. The number of rotatable bonds is 4. The first kappa shape index (κ1) is 10.0. The molecule has 1 rings (SSSR count). The van der Waals surface area contributed by atoms with Gasteiger partial charge in [-0.2, -0.15) is 0 Å². The molecule has 0 saturated heterocycles. The molecule has 0 atom stereocenters. The molecule has 0 amide bonds. The monoisotopic (exact) mass is 220 g/mol. The molecule has 0 N–H and O–H groups in total. The van der Waals surface area contributed by atoms with Crippen molar-refractivity contribution in [2.45, 2.75) is 15.6 Å². The Kier molecular flexibility index (Phi) is 4.03. The Balaban J connectivity index is 2.47. The molecule has 0 aliphatic heterocycles. The number of aromatic nitrogens is 2. The summed E-state index contributed by atoms with van der Waals surface area (Å²) in [5.41, 5.74) is 0. The van der Waals surface area contributed by atoms with E-state index in [1.807, 2.05) is 6.26 Å². The Morgan fingerprint density at radius 2 is 2.17 bits per heavy atom. The molecule has 1 aromatic rings. The van der Waals surface area contributed by atoms with Crippen LogP contribution in [0.25, 0.3) is 0 Å². The van der Waals surface area contributed by atoms with Crippen molar-refractivity contribution in [1.29, 1.82) is 0 Å². The van der Waals surface area contributed by atoms with Gasteiger partial charge in [-0.3, -0.25) is 4.79 Å². The summed E-state index contributed by atoms with van der Waals surface area (Å²) in [4.78, 5) is 10.6. The molecule has 12 heavy (non-hydrogen) atoms. The van der Waals surface area contributed by atoms with Crippen molar-refractivity contribution in [2.24, 2.45) is 0 Å². The topological polar surface area (TPSA) is 42.9 Å². The van der Waals surface area contributed by atoms with Crippen molar-refractivity contribution in [1.82, 2.24) is 10.2 Å². The molecule has 0 aliphatic rings. The fourth-order valence-corrected chi connectivity index (χ4v) is 2.74. The van der Waals surface area contributed by atoms with Gasteiger partial charge in [0.25, 0.3) is 0 Å². The minimum absolute atomic E-state index is 0.168. The average Bonchev–Trinajstić information content (AvgIpc) is 2.48. The predicted octanol–water partition coefficient (Wildman–Crippen LogP) is 1.94. The van der Waals surface area contributed by atoms with Crippen molar-refractivity contribution in [3.05, 3.63) is 0 Å². The highest BCUT2D eigenvalue weighted by atomic mass is 32.2. The lowest BCUT2D eigenvalue weighted by atomic mass is 10.5. The molecule has 0 fully saturated rings. The van der Waals surface area contributed by atoms with Gasteiger partial charge in [0.15, 0.2) is 8.68 Å². The molecule has 66 valence electrons. The van der Waals surface area contributed by atoms with E-state index in [1.54, 1.807) is 18.7 Å². The van der Waals surface area contributed by atoms with Crippen LogP contribution in [0.2, 0.25) is 0 Å². The Morgan fingerprint density at radius 3 is 2.67 bits per heavy atom. The number of hydrogen-bond acceptors (Lipinski definition) is 6. The molecule has 0 saturated carbocycles. The van der Waals surface area contributed by atoms with E-state index in [1.165, 1.54) is 23.1 Å². The van der Waals surface area contributed by atoms with E-state index in [2.05, 4.69) is 10.2 Å². The van der Waals surface area contributed by atoms with Crippen molar-refractivity contribution in [2.75, 3.05) is 12.0 Å². The smallest absolute Gasteiger partial charge is 0.175 e. The highest BCUT2D eigenvalue weighted by Gasteiger charge is 2.04. The molecule has 0 radical (unpaired) electrons. The fraction of sp³-hybridized carbons (Fsp3) is 0.500. The Morgan fingerprint density at radius 1 is 1.50 bits per heavy atom. The summed E-state index contributed by atoms with van der Waals surface area (Å²) in [7, 11) is 0. The SMILES string of the molecule is CSc1nnc(SCC(C)=O)s1. The first-order valence-electron chi connectivity index (χ1n) is 3.22. The van der Waals surface area contributed by atoms with Crippen molar-refractivity contribution in [3.8, 4) is 0 Å². The van der Waals surface area contributed by atoms with Gasteiger partial charge >= 0.3 is 0 Å². The zero-order chi connectivity index (χ0) is 8.97. The summed E-state index contributed by atoms with van der Waals surface area (Å²) in [6, 6.07) is 0. The molecule has 6 heteroatoms. The van der Waals surface area contributed by atoms with Crippen molar-refractivity contribution >= 4 is 40.6 Å². The van der Waals surface area contributed by atoms with E-state index in [4.69, 9.17) is 0 Å². The number of hydrogen-bond donors (Lipinski definition) is 0. The standard InChI is InChI=1S/C6H8N2OS3/c1-4(9)3-11-6-8-7-5(10-2)12-6/h3H2,1-2H3. The van der Waals surface area contributed by atoms with Gasteiger partial charge in [0.2, 0.25) is 0 Å². The third-order valence-corrected chi connectivity index (χ3v) is 4.14. The number of nitrogens with zero attached hydrogens (tertiary/aromatic N) is 2. The molecular formula is C6H8N2OS3. The first-order valence-corrected chi connectivity index (χ1v) is 6.25. The highest BCUT2D eigenvalue weighted by Crippen LogP contribution is 2.26. The second-order valence-electron chi connectivity index (χ2n) is 2.03. The van der Waals surface area contributed by atoms with Gasteiger partial charge in [0.05, 0.1) is 5.75 Å². The third kappa shape index (κ3) is 3.12. The average molecular weight is 220 g/mol. The number of Topliss-reactive ketones (excluding diaryl/α,β-unsaturated/α-hetero) is 1. The van der Waals surface area contributed by atoms with Gasteiger partial charge < -0.3 is 0 Å². The van der Waals surface area contributed by atoms with Crippen LogP contribution in [0.3, 0.4) is 0 Å². The van der Waals surface area contributed by atoms with Gasteiger partial charge in [-0.05, 0) is 13.2 Å². The van der Waals surface area contributed by atoms with E-state index < -0.39 is 0 Å². The normalized spacial score (nSPS) is 10.2. The lowest BCUT2D eigenvalue weighted by Crippen LogP contribution is -1.92. The maximum absolute atomic E-state index is 10.6. The molecule has 0 aliphatic carbocycles. The number of ketones is 1. The van der Waals surface area contributed by atoms with Gasteiger partial charge in [0, 0.05) is 0 Å². The minimum Gasteiger partial charge on any atom is -0.299 e. The molecule has 0 unspecified atom stereocenters. The van der Waals surface area contributed by atoms with Crippen LogP contribution in [-0.4, -0.2) is 28.0 Å². The summed E-state index contributed by atoms with van der Waals surface area (Å²) in [6.07, 6.45) is 1.96. The minimum atomic E-state index is 0.168. The van der Waals surface area contributed by atoms with E-state index >= 15 is 0 Å². The second-order valence-corrected chi connectivity index (χ2v) is 5.28. The van der Waals surface area contributed by atoms with Gasteiger partial charge in [0.1, 0.15) is 5.78 Å². The maximum atomic E-state index is 10.6. The molecule has 1 aromatic heterocycles. The maximum Gasteiger partial charge on any atom is 0.175 e. The third-order valence-electron chi connectivity index (χ3n) is 0.961. The molecule has 0 bridgehead atoms. The summed E-state index contributed by atoms with van der Waals surface area (Å²) in [5, 5.41) is 7.83. The van der Waals surface area contributed by atoms with Crippen LogP contribution in [0, 0.1) is 0 Å². The Labute approximate surface area is 83.3 Å². The number of thioether (sulfide) groups is 2. The number of carbonyl (C=O) groups excluding carboxylic acids is 1. The summed E-state index contributed by atoms with van der Waals surface area (Å²) < 4.78 is 1.82. The lowest BCUT2D eigenvalue weighted by Gasteiger charge is -1.88. The summed E-state index contributed by atoms with van der Waals surface area (Å²) in [5.74, 6) is 0.657. The molecule has 3 nitrogen and oxygen atoms in total. The second kappa shape index (κ2) is 4.84. The van der Waals surface area contributed by atoms with Crippen LogP contribution in [0.4, 0.5) is 0 Å². The largest absolute Gasteiger partial charge is 0.299 e. The van der Waals surface area contributed by atoms with Gasteiger partial charge in [-0.25, -0.2) is 0 Å². The van der Waals surface area contributed by atoms with E-state index in [0.717, 1.165) is 8.68 Å². The van der Waals surface area contributed by atoms with Crippen LogP contribution >= 0.6 is 34.9 Å². The Bertz CT molecular complexity index is 274. The van der Waals surface area contributed by atoms with Gasteiger partial charge in [-0.1, -0.05) is 34.9 Å². The van der Waals surface area contributed by atoms with E-state index in [-0.39, 0.29) is 5.78 Å². The quantitative estimate of drug-likeness (QED) is 0.725. The molecule has 0 aromatic carbocycles. The fourth-order valence-electron chi connectivity index (χ4n) is 0.501. The molecule has 1 heterocycles. The van der Waals surface area contributed by atoms with Crippen LogP contribution in [0.5, 0.6) is 0 Å². The molecule has 0 spiro atoms.